The first-order valence-electron chi connectivity index (χ1n) is 12.8. The van der Waals surface area contributed by atoms with E-state index in [9.17, 15) is 19.6 Å². The minimum absolute atomic E-state index is 0.0488. The number of amides is 2. The summed E-state index contributed by atoms with van der Waals surface area (Å²) < 4.78 is 13.1. The Bertz CT molecular complexity index is 1400. The van der Waals surface area contributed by atoms with Gasteiger partial charge in [0.15, 0.2) is 5.78 Å². The molecule has 0 radical (unpaired) electrons. The fourth-order valence-electron chi connectivity index (χ4n) is 6.16. The first kappa shape index (κ1) is 23.6. The Morgan fingerprint density at radius 1 is 1.00 bits per heavy atom. The average Bonchev–Trinajstić information content (AvgIpc) is 3.10. The molecule has 2 amide bonds. The molecule has 6 rings (SSSR count). The summed E-state index contributed by atoms with van der Waals surface area (Å²) in [5.74, 6) is -0.699. The van der Waals surface area contributed by atoms with Gasteiger partial charge in [-0.25, -0.2) is 0 Å². The van der Waals surface area contributed by atoms with Crippen molar-refractivity contribution in [2.24, 2.45) is 5.41 Å². The second kappa shape index (κ2) is 8.39. The maximum Gasteiger partial charge on any atom is 0.261 e. The van der Waals surface area contributed by atoms with Gasteiger partial charge in [0.2, 0.25) is 5.79 Å². The number of ether oxygens (including phenoxy) is 2. The third kappa shape index (κ3) is 3.87. The van der Waals surface area contributed by atoms with Crippen LogP contribution in [0.15, 0.2) is 53.8 Å². The third-order valence-electron chi connectivity index (χ3n) is 7.86. The van der Waals surface area contributed by atoms with Crippen LogP contribution in [-0.2, 0) is 20.7 Å². The molecule has 3 aliphatic heterocycles. The number of carbonyl (C=O) groups excluding carboxylic acids is 3. The Morgan fingerprint density at radius 2 is 1.73 bits per heavy atom. The molecule has 3 heterocycles. The van der Waals surface area contributed by atoms with E-state index in [2.05, 4.69) is 19.9 Å². The topological polar surface area (TPSA) is 96.7 Å². The van der Waals surface area contributed by atoms with Crippen molar-refractivity contribution in [3.05, 3.63) is 81.6 Å². The van der Waals surface area contributed by atoms with Gasteiger partial charge in [0.25, 0.3) is 11.8 Å². The maximum atomic E-state index is 13.2. The van der Waals surface area contributed by atoms with Crippen molar-refractivity contribution in [1.29, 1.82) is 5.26 Å². The van der Waals surface area contributed by atoms with Gasteiger partial charge in [-0.3, -0.25) is 19.3 Å². The Hall–Kier alpha value is -3.76. The molecule has 7 nitrogen and oxygen atoms in total. The van der Waals surface area contributed by atoms with E-state index in [0.717, 1.165) is 11.1 Å². The van der Waals surface area contributed by atoms with Gasteiger partial charge in [-0.2, -0.15) is 5.26 Å². The number of unbranched alkanes of at least 4 members (excludes halogenated alkanes) is 1. The predicted molar refractivity (Wildman–Crippen MR) is 133 cm³/mol. The van der Waals surface area contributed by atoms with E-state index in [4.69, 9.17) is 9.47 Å². The molecule has 188 valence electrons. The molecule has 2 bridgehead atoms. The molecule has 1 aliphatic carbocycles. The molecule has 7 heteroatoms. The van der Waals surface area contributed by atoms with Gasteiger partial charge in [-0.05, 0) is 53.6 Å². The number of Topliss-reactive ketones (excluding diaryl/α,β-unsaturated/α-hetero) is 1. The zero-order valence-corrected chi connectivity index (χ0v) is 21.0. The smallest absolute Gasteiger partial charge is 0.261 e. The lowest BCUT2D eigenvalue weighted by Gasteiger charge is -2.50. The third-order valence-corrected chi connectivity index (χ3v) is 7.86. The molecule has 0 saturated heterocycles. The first-order valence-corrected chi connectivity index (χ1v) is 12.8. The van der Waals surface area contributed by atoms with Gasteiger partial charge in [0.1, 0.15) is 11.9 Å². The van der Waals surface area contributed by atoms with Crippen molar-refractivity contribution < 1.29 is 23.9 Å². The SMILES string of the molecule is CC1(C)CC(=O)C2=C(C1)O[C@@]1(CCCCN3C(=O)c4ccccc4C3=O)Cc3cc(C#N)ccc3[C@@H]2O1. The Balaban J connectivity index is 1.24. The lowest BCUT2D eigenvalue weighted by Crippen LogP contribution is -2.49. The molecule has 2 atom stereocenters. The van der Waals surface area contributed by atoms with Crippen LogP contribution >= 0.6 is 0 Å². The van der Waals surface area contributed by atoms with Crippen LogP contribution in [0.3, 0.4) is 0 Å². The summed E-state index contributed by atoms with van der Waals surface area (Å²) in [6, 6.07) is 14.6. The van der Waals surface area contributed by atoms with Crippen LogP contribution < -0.4 is 0 Å². The summed E-state index contributed by atoms with van der Waals surface area (Å²) in [6.07, 6.45) is 2.85. The highest BCUT2D eigenvalue weighted by Gasteiger charge is 2.52. The van der Waals surface area contributed by atoms with Crippen molar-refractivity contribution in [2.45, 2.75) is 64.3 Å². The number of nitrogens with zero attached hydrogens (tertiary/aromatic N) is 2. The number of carbonyl (C=O) groups is 3. The number of ketones is 1. The predicted octanol–water partition coefficient (Wildman–Crippen LogP) is 5.01. The Morgan fingerprint density at radius 3 is 2.43 bits per heavy atom. The van der Waals surface area contributed by atoms with Gasteiger partial charge in [0, 0.05) is 32.2 Å². The van der Waals surface area contributed by atoms with Crippen LogP contribution in [0, 0.1) is 16.7 Å². The maximum absolute atomic E-state index is 13.2. The molecular formula is C30H28N2O5. The quantitative estimate of drug-likeness (QED) is 0.427. The number of nitriles is 1. The zero-order valence-electron chi connectivity index (χ0n) is 21.0. The molecule has 0 unspecified atom stereocenters. The van der Waals surface area contributed by atoms with Crippen molar-refractivity contribution >= 4 is 17.6 Å². The normalized spacial score (nSPS) is 25.3. The summed E-state index contributed by atoms with van der Waals surface area (Å²) in [7, 11) is 0. The van der Waals surface area contributed by atoms with Crippen molar-refractivity contribution in [2.75, 3.05) is 6.54 Å². The number of rotatable bonds is 5. The molecule has 0 aromatic heterocycles. The molecule has 37 heavy (non-hydrogen) atoms. The molecule has 4 aliphatic rings. The van der Waals surface area contributed by atoms with Gasteiger partial charge < -0.3 is 9.47 Å². The molecular weight excluding hydrogens is 468 g/mol. The Kier molecular flexibility index (Phi) is 5.36. The molecule has 2 aromatic rings. The standard InChI is InChI=1S/C30H28N2O5/c1-29(2)15-23(33)25-24(16-29)36-30(14-19-13-18(17-31)9-10-20(19)26(25)37-30)11-5-6-12-32-27(34)21-7-3-4-8-22(21)28(32)35/h3-4,7-10,13,26H,5-6,11-12,14-16H2,1-2H3/t26-,30+/m0/s1. The van der Waals surface area contributed by atoms with E-state index < -0.39 is 11.9 Å². The average molecular weight is 497 g/mol. The van der Waals surface area contributed by atoms with Gasteiger partial charge in [-0.1, -0.05) is 32.0 Å². The molecule has 2 aromatic carbocycles. The fraction of sp³-hybridized carbons (Fsp3) is 0.400. The molecule has 0 N–H and O–H groups in total. The van der Waals surface area contributed by atoms with E-state index >= 15 is 0 Å². The van der Waals surface area contributed by atoms with Crippen LogP contribution in [0.4, 0.5) is 0 Å². The number of hydrogen-bond donors (Lipinski definition) is 0. The lowest BCUT2D eigenvalue weighted by molar-refractivity contribution is -0.266. The lowest BCUT2D eigenvalue weighted by atomic mass is 9.72. The number of allylic oxidation sites excluding steroid dienone is 1. The highest BCUT2D eigenvalue weighted by Crippen LogP contribution is 2.53. The van der Waals surface area contributed by atoms with Gasteiger partial charge in [-0.15, -0.1) is 0 Å². The number of fused-ring (bicyclic) bond motifs is 6. The monoisotopic (exact) mass is 496 g/mol. The van der Waals surface area contributed by atoms with Crippen LogP contribution in [-0.4, -0.2) is 34.8 Å². The van der Waals surface area contributed by atoms with Crippen LogP contribution in [0.5, 0.6) is 0 Å². The van der Waals surface area contributed by atoms with Gasteiger partial charge >= 0.3 is 0 Å². The van der Waals surface area contributed by atoms with E-state index in [1.807, 2.05) is 12.1 Å². The highest BCUT2D eigenvalue weighted by atomic mass is 16.7. The minimum Gasteiger partial charge on any atom is -0.466 e. The summed E-state index contributed by atoms with van der Waals surface area (Å²) >= 11 is 0. The van der Waals surface area contributed by atoms with E-state index in [0.29, 0.717) is 73.1 Å². The Labute approximate surface area is 215 Å². The first-order chi connectivity index (χ1) is 17.7. The summed E-state index contributed by atoms with van der Waals surface area (Å²) in [5.41, 5.74) is 3.76. The van der Waals surface area contributed by atoms with Crippen LogP contribution in [0.1, 0.15) is 89.5 Å². The zero-order chi connectivity index (χ0) is 25.9. The molecule has 0 saturated carbocycles. The fourth-order valence-corrected chi connectivity index (χ4v) is 6.16. The molecule has 0 spiro atoms. The number of imide groups is 1. The van der Waals surface area contributed by atoms with Gasteiger partial charge in [0.05, 0.1) is 28.3 Å². The number of benzene rings is 2. The second-order valence-electron chi connectivity index (χ2n) is 11.3. The second-order valence-corrected chi connectivity index (χ2v) is 11.3. The summed E-state index contributed by atoms with van der Waals surface area (Å²) in [6.45, 7) is 4.47. The highest BCUT2D eigenvalue weighted by molar-refractivity contribution is 6.21. The largest absolute Gasteiger partial charge is 0.466 e. The minimum atomic E-state index is -0.958. The van der Waals surface area contributed by atoms with E-state index in [1.54, 1.807) is 30.3 Å². The van der Waals surface area contributed by atoms with Crippen molar-refractivity contribution in [3.63, 3.8) is 0 Å². The summed E-state index contributed by atoms with van der Waals surface area (Å²) in [4.78, 5) is 39.9. The van der Waals surface area contributed by atoms with E-state index in [1.165, 1.54) is 4.90 Å². The molecule has 0 fully saturated rings. The van der Waals surface area contributed by atoms with Crippen molar-refractivity contribution in [1.82, 2.24) is 4.90 Å². The van der Waals surface area contributed by atoms with Crippen LogP contribution in [0.2, 0.25) is 0 Å². The summed E-state index contributed by atoms with van der Waals surface area (Å²) in [5, 5.41) is 9.44. The van der Waals surface area contributed by atoms with E-state index in [-0.39, 0.29) is 23.0 Å². The van der Waals surface area contributed by atoms with Crippen LogP contribution in [0.25, 0.3) is 0 Å². The van der Waals surface area contributed by atoms with Crippen molar-refractivity contribution in [3.8, 4) is 6.07 Å². The number of hydrogen-bond acceptors (Lipinski definition) is 6.